The molecule has 1 saturated heterocycles. The largest absolute Gasteiger partial charge is 0.480 e. The van der Waals surface area contributed by atoms with Crippen LogP contribution in [0, 0.1) is 25.7 Å². The van der Waals surface area contributed by atoms with E-state index in [2.05, 4.69) is 31.8 Å². The highest BCUT2D eigenvalue weighted by Crippen LogP contribution is 2.23. The lowest BCUT2D eigenvalue weighted by Gasteiger charge is -2.35. The predicted octanol–water partition coefficient (Wildman–Crippen LogP) is 2.78. The third-order valence-corrected chi connectivity index (χ3v) is 8.27. The molecule has 40 heavy (non-hydrogen) atoms. The van der Waals surface area contributed by atoms with Gasteiger partial charge in [-0.25, -0.2) is 0 Å². The summed E-state index contributed by atoms with van der Waals surface area (Å²) in [5.74, 6) is 4.95. The molecule has 1 aliphatic rings. The molecule has 1 amide bonds. The van der Waals surface area contributed by atoms with Crippen molar-refractivity contribution in [1.29, 1.82) is 0 Å². The standard InChI is InChI=1S/C29H31N5O5S/c1-20-18-24(19-21(2)27(20)31-28(35)25-10-12-30-13-11-25)5-4-23-6-8-26(9-7-23)33-14-16-34(17-15-33)40(38,39)32-22(3)29(36)37/h6-13,18-19,22,32H,14-17H2,1-3H3,(H,31,35)(H,36,37)/t22-/m1/s1. The molecule has 10 nitrogen and oxygen atoms in total. The van der Waals surface area contributed by atoms with Crippen LogP contribution >= 0.6 is 0 Å². The van der Waals surface area contributed by atoms with Crippen LogP contribution in [0.25, 0.3) is 0 Å². The average Bonchev–Trinajstić information content (AvgIpc) is 2.94. The summed E-state index contributed by atoms with van der Waals surface area (Å²) in [6, 6.07) is 13.8. The van der Waals surface area contributed by atoms with E-state index in [4.69, 9.17) is 5.11 Å². The van der Waals surface area contributed by atoms with E-state index in [0.29, 0.717) is 18.7 Å². The number of carboxylic acid groups (broad SMARTS) is 1. The number of piperazine rings is 1. The van der Waals surface area contributed by atoms with Crippen molar-refractivity contribution in [1.82, 2.24) is 14.0 Å². The Morgan fingerprint density at radius 3 is 2.08 bits per heavy atom. The van der Waals surface area contributed by atoms with E-state index in [1.165, 1.54) is 11.2 Å². The van der Waals surface area contributed by atoms with Crippen molar-refractivity contribution < 1.29 is 23.1 Å². The van der Waals surface area contributed by atoms with Crippen LogP contribution in [-0.4, -0.2) is 66.9 Å². The average molecular weight is 562 g/mol. The molecule has 1 aromatic heterocycles. The Kier molecular flexibility index (Phi) is 8.84. The normalized spacial score (nSPS) is 14.6. The fourth-order valence-corrected chi connectivity index (χ4v) is 5.70. The third kappa shape index (κ3) is 7.04. The van der Waals surface area contributed by atoms with Gasteiger partial charge in [-0.2, -0.15) is 17.4 Å². The van der Waals surface area contributed by atoms with Crippen LogP contribution in [0.2, 0.25) is 0 Å². The highest BCUT2D eigenvalue weighted by atomic mass is 32.2. The minimum atomic E-state index is -3.87. The van der Waals surface area contributed by atoms with E-state index < -0.39 is 22.2 Å². The van der Waals surface area contributed by atoms with Gasteiger partial charge in [0.05, 0.1) is 0 Å². The minimum absolute atomic E-state index is 0.194. The monoisotopic (exact) mass is 561 g/mol. The fraction of sp³-hybridized carbons (Fsp3) is 0.276. The summed E-state index contributed by atoms with van der Waals surface area (Å²) in [6.07, 6.45) is 3.16. The van der Waals surface area contributed by atoms with Gasteiger partial charge >= 0.3 is 5.97 Å². The predicted molar refractivity (Wildman–Crippen MR) is 153 cm³/mol. The molecule has 0 unspecified atom stereocenters. The number of hydrogen-bond acceptors (Lipinski definition) is 6. The lowest BCUT2D eigenvalue weighted by molar-refractivity contribution is -0.138. The molecule has 0 aliphatic carbocycles. The summed E-state index contributed by atoms with van der Waals surface area (Å²) in [5.41, 5.74) is 5.75. The minimum Gasteiger partial charge on any atom is -0.480 e. The number of carbonyl (C=O) groups excluding carboxylic acids is 1. The topological polar surface area (TPSA) is 132 Å². The van der Waals surface area contributed by atoms with Crippen molar-refractivity contribution in [3.8, 4) is 11.8 Å². The zero-order valence-electron chi connectivity index (χ0n) is 22.5. The molecule has 2 aromatic carbocycles. The van der Waals surface area contributed by atoms with E-state index in [1.54, 1.807) is 24.5 Å². The second kappa shape index (κ2) is 12.3. The molecule has 1 fully saturated rings. The number of carboxylic acids is 1. The number of nitrogens with one attached hydrogen (secondary N) is 2. The van der Waals surface area contributed by atoms with Crippen LogP contribution in [0.15, 0.2) is 60.9 Å². The van der Waals surface area contributed by atoms with Crippen LogP contribution in [0.3, 0.4) is 0 Å². The third-order valence-electron chi connectivity index (χ3n) is 6.57. The lowest BCUT2D eigenvalue weighted by Crippen LogP contribution is -2.54. The Bertz CT molecular complexity index is 1530. The summed E-state index contributed by atoms with van der Waals surface area (Å²) in [6.45, 7) is 6.63. The molecule has 208 valence electrons. The van der Waals surface area contributed by atoms with Gasteiger partial charge in [-0.3, -0.25) is 14.6 Å². The number of aromatic nitrogens is 1. The SMILES string of the molecule is Cc1cc(C#Cc2ccc(N3CCN(S(=O)(=O)N[C@H](C)C(=O)O)CC3)cc2)cc(C)c1NC(=O)c1ccncc1. The van der Waals surface area contributed by atoms with Gasteiger partial charge in [0.2, 0.25) is 0 Å². The van der Waals surface area contributed by atoms with E-state index in [9.17, 15) is 18.0 Å². The first-order chi connectivity index (χ1) is 19.0. The number of rotatable bonds is 7. The molecule has 3 N–H and O–H groups in total. The van der Waals surface area contributed by atoms with Crippen molar-refractivity contribution in [3.05, 3.63) is 88.7 Å². The maximum atomic E-state index is 12.6. The highest BCUT2D eigenvalue weighted by Gasteiger charge is 2.29. The van der Waals surface area contributed by atoms with Crippen molar-refractivity contribution in [2.24, 2.45) is 0 Å². The molecule has 3 aromatic rings. The van der Waals surface area contributed by atoms with Crippen LogP contribution in [0.1, 0.15) is 39.5 Å². The maximum Gasteiger partial charge on any atom is 0.321 e. The van der Waals surface area contributed by atoms with Gasteiger partial charge in [0.25, 0.3) is 16.1 Å². The number of hydrogen-bond donors (Lipinski definition) is 3. The van der Waals surface area contributed by atoms with E-state index in [1.807, 2.05) is 50.2 Å². The summed E-state index contributed by atoms with van der Waals surface area (Å²) in [5, 5.41) is 12.0. The molecule has 0 saturated carbocycles. The molecular weight excluding hydrogens is 530 g/mol. The summed E-state index contributed by atoms with van der Waals surface area (Å²) >= 11 is 0. The first-order valence-corrected chi connectivity index (χ1v) is 14.2. The van der Waals surface area contributed by atoms with Gasteiger partial charge in [0, 0.05) is 66.6 Å². The second-order valence-electron chi connectivity index (χ2n) is 9.54. The van der Waals surface area contributed by atoms with E-state index >= 15 is 0 Å². The zero-order valence-corrected chi connectivity index (χ0v) is 23.3. The first kappa shape index (κ1) is 28.8. The van der Waals surface area contributed by atoms with E-state index in [0.717, 1.165) is 33.6 Å². The molecule has 4 rings (SSSR count). The van der Waals surface area contributed by atoms with Gasteiger partial charge in [0.15, 0.2) is 0 Å². The number of anilines is 2. The number of pyridine rings is 1. The highest BCUT2D eigenvalue weighted by molar-refractivity contribution is 7.87. The van der Waals surface area contributed by atoms with Crippen LogP contribution < -0.4 is 14.9 Å². The van der Waals surface area contributed by atoms with Crippen molar-refractivity contribution in [2.75, 3.05) is 36.4 Å². The fourth-order valence-electron chi connectivity index (χ4n) is 4.36. The molecular formula is C29H31N5O5S. The number of benzene rings is 2. The van der Waals surface area contributed by atoms with Crippen LogP contribution in [-0.2, 0) is 15.0 Å². The molecule has 11 heteroatoms. The smallest absolute Gasteiger partial charge is 0.321 e. The summed E-state index contributed by atoms with van der Waals surface area (Å²) in [4.78, 5) is 29.6. The van der Waals surface area contributed by atoms with Gasteiger partial charge in [-0.05, 0) is 80.4 Å². The maximum absolute atomic E-state index is 12.6. The van der Waals surface area contributed by atoms with E-state index in [-0.39, 0.29) is 19.0 Å². The quantitative estimate of drug-likeness (QED) is 0.378. The van der Waals surface area contributed by atoms with Crippen molar-refractivity contribution in [2.45, 2.75) is 26.8 Å². The lowest BCUT2D eigenvalue weighted by atomic mass is 10.0. The molecule has 0 radical (unpaired) electrons. The summed E-state index contributed by atoms with van der Waals surface area (Å²) in [7, 11) is -3.87. The van der Waals surface area contributed by atoms with Gasteiger partial charge < -0.3 is 15.3 Å². The molecule has 1 atom stereocenters. The molecule has 0 spiro atoms. The second-order valence-corrected chi connectivity index (χ2v) is 11.2. The Morgan fingerprint density at radius 1 is 0.925 bits per heavy atom. The van der Waals surface area contributed by atoms with Crippen molar-refractivity contribution in [3.63, 3.8) is 0 Å². The van der Waals surface area contributed by atoms with Crippen molar-refractivity contribution >= 4 is 33.5 Å². The Morgan fingerprint density at radius 2 is 1.50 bits per heavy atom. The van der Waals surface area contributed by atoms with Gasteiger partial charge in [-0.15, -0.1) is 0 Å². The van der Waals surface area contributed by atoms with Crippen LogP contribution in [0.5, 0.6) is 0 Å². The molecule has 2 heterocycles. The Labute approximate surface area is 234 Å². The van der Waals surface area contributed by atoms with Crippen LogP contribution in [0.4, 0.5) is 11.4 Å². The number of nitrogens with zero attached hydrogens (tertiary/aromatic N) is 3. The number of aryl methyl sites for hydroxylation is 2. The Hall–Kier alpha value is -4.24. The number of carbonyl (C=O) groups is 2. The first-order valence-electron chi connectivity index (χ1n) is 12.7. The molecule has 0 bridgehead atoms. The number of aliphatic carboxylic acids is 1. The van der Waals surface area contributed by atoms with Gasteiger partial charge in [0.1, 0.15) is 6.04 Å². The Balaban J connectivity index is 1.37. The number of amides is 1. The summed E-state index contributed by atoms with van der Waals surface area (Å²) < 4.78 is 28.3. The molecule has 1 aliphatic heterocycles. The zero-order chi connectivity index (χ0) is 28.9. The van der Waals surface area contributed by atoms with Gasteiger partial charge in [-0.1, -0.05) is 11.8 Å².